The van der Waals surface area contributed by atoms with E-state index in [9.17, 15) is 4.39 Å². The van der Waals surface area contributed by atoms with Gasteiger partial charge in [0.05, 0.1) is 0 Å². The SMILES string of the molecule is CCCNC(CC)c1ccc(F)c2ccccc12. The van der Waals surface area contributed by atoms with Gasteiger partial charge in [0.1, 0.15) is 5.82 Å². The molecular weight excluding hydrogens is 225 g/mol. The first kappa shape index (κ1) is 13.0. The van der Waals surface area contributed by atoms with E-state index in [1.54, 1.807) is 6.07 Å². The van der Waals surface area contributed by atoms with E-state index in [2.05, 4.69) is 19.2 Å². The second kappa shape index (κ2) is 5.96. The van der Waals surface area contributed by atoms with Crippen molar-refractivity contribution in [3.05, 3.63) is 47.8 Å². The number of rotatable bonds is 5. The van der Waals surface area contributed by atoms with Crippen LogP contribution in [0.1, 0.15) is 38.3 Å². The molecule has 2 rings (SSSR count). The fourth-order valence-electron chi connectivity index (χ4n) is 2.38. The summed E-state index contributed by atoms with van der Waals surface area (Å²) in [6.45, 7) is 5.30. The molecule has 1 atom stereocenters. The van der Waals surface area contributed by atoms with Crippen LogP contribution in [0, 0.1) is 5.82 Å². The van der Waals surface area contributed by atoms with Crippen molar-refractivity contribution in [1.82, 2.24) is 5.32 Å². The van der Waals surface area contributed by atoms with Crippen molar-refractivity contribution in [2.24, 2.45) is 0 Å². The summed E-state index contributed by atoms with van der Waals surface area (Å²) in [6, 6.07) is 11.5. The molecule has 2 aromatic rings. The van der Waals surface area contributed by atoms with Crippen LogP contribution >= 0.6 is 0 Å². The van der Waals surface area contributed by atoms with Crippen molar-refractivity contribution in [3.8, 4) is 0 Å². The number of benzene rings is 2. The van der Waals surface area contributed by atoms with Crippen molar-refractivity contribution < 1.29 is 4.39 Å². The summed E-state index contributed by atoms with van der Waals surface area (Å²) in [5, 5.41) is 5.26. The lowest BCUT2D eigenvalue weighted by Gasteiger charge is -2.19. The smallest absolute Gasteiger partial charge is 0.131 e. The first-order valence-corrected chi connectivity index (χ1v) is 6.68. The summed E-state index contributed by atoms with van der Waals surface area (Å²) >= 11 is 0. The molecule has 0 saturated heterocycles. The molecule has 0 amide bonds. The predicted octanol–water partition coefficient (Wildman–Crippen LogP) is 4.43. The average Bonchev–Trinajstić information content (AvgIpc) is 2.42. The molecule has 1 N–H and O–H groups in total. The normalized spacial score (nSPS) is 12.8. The molecule has 0 fully saturated rings. The molecule has 0 saturated carbocycles. The van der Waals surface area contributed by atoms with Gasteiger partial charge in [-0.25, -0.2) is 4.39 Å². The molecule has 1 unspecified atom stereocenters. The molecule has 0 bridgehead atoms. The second-order valence-electron chi connectivity index (χ2n) is 4.60. The van der Waals surface area contributed by atoms with E-state index in [-0.39, 0.29) is 5.82 Å². The van der Waals surface area contributed by atoms with E-state index >= 15 is 0 Å². The van der Waals surface area contributed by atoms with E-state index in [0.29, 0.717) is 11.4 Å². The van der Waals surface area contributed by atoms with E-state index < -0.39 is 0 Å². The lowest BCUT2D eigenvalue weighted by molar-refractivity contribution is 0.520. The largest absolute Gasteiger partial charge is 0.310 e. The van der Waals surface area contributed by atoms with Crippen LogP contribution in [0.25, 0.3) is 10.8 Å². The van der Waals surface area contributed by atoms with Crippen molar-refractivity contribution in [3.63, 3.8) is 0 Å². The Morgan fingerprint density at radius 3 is 2.44 bits per heavy atom. The molecule has 18 heavy (non-hydrogen) atoms. The summed E-state index contributed by atoms with van der Waals surface area (Å²) in [5.74, 6) is -0.139. The lowest BCUT2D eigenvalue weighted by Crippen LogP contribution is -2.21. The molecule has 0 radical (unpaired) electrons. The first-order valence-electron chi connectivity index (χ1n) is 6.68. The minimum atomic E-state index is -0.139. The highest BCUT2D eigenvalue weighted by Gasteiger charge is 2.13. The fourth-order valence-corrected chi connectivity index (χ4v) is 2.38. The Labute approximate surface area is 108 Å². The Balaban J connectivity index is 2.46. The molecule has 0 aliphatic rings. The maximum atomic E-state index is 13.8. The third-order valence-corrected chi connectivity index (χ3v) is 3.33. The molecule has 0 spiro atoms. The van der Waals surface area contributed by atoms with Crippen LogP contribution in [0.5, 0.6) is 0 Å². The van der Waals surface area contributed by atoms with Crippen LogP contribution in [0.3, 0.4) is 0 Å². The molecule has 96 valence electrons. The standard InChI is InChI=1S/C16H20FN/c1-3-11-18-16(4-2)14-9-10-15(17)13-8-6-5-7-12(13)14/h5-10,16,18H,3-4,11H2,1-2H3. The van der Waals surface area contributed by atoms with Gasteiger partial charge in [-0.05, 0) is 36.4 Å². The van der Waals surface area contributed by atoms with Gasteiger partial charge >= 0.3 is 0 Å². The van der Waals surface area contributed by atoms with Gasteiger partial charge in [-0.15, -0.1) is 0 Å². The summed E-state index contributed by atoms with van der Waals surface area (Å²) < 4.78 is 13.8. The summed E-state index contributed by atoms with van der Waals surface area (Å²) in [4.78, 5) is 0. The summed E-state index contributed by atoms with van der Waals surface area (Å²) in [5.41, 5.74) is 1.20. The van der Waals surface area contributed by atoms with Crippen LogP contribution < -0.4 is 5.32 Å². The molecule has 0 aliphatic heterocycles. The maximum absolute atomic E-state index is 13.8. The monoisotopic (exact) mass is 245 g/mol. The molecule has 1 nitrogen and oxygen atoms in total. The zero-order valence-electron chi connectivity index (χ0n) is 11.0. The zero-order chi connectivity index (χ0) is 13.0. The Bertz CT molecular complexity index is 521. The highest BCUT2D eigenvalue weighted by molar-refractivity contribution is 5.86. The van der Waals surface area contributed by atoms with E-state index in [4.69, 9.17) is 0 Å². The number of halogens is 1. The molecule has 0 aliphatic carbocycles. The first-order chi connectivity index (χ1) is 8.77. The Morgan fingerprint density at radius 1 is 1.06 bits per heavy atom. The van der Waals surface area contributed by atoms with Gasteiger partial charge in [0.25, 0.3) is 0 Å². The number of hydrogen-bond donors (Lipinski definition) is 1. The highest BCUT2D eigenvalue weighted by Crippen LogP contribution is 2.28. The predicted molar refractivity (Wildman–Crippen MR) is 75.2 cm³/mol. The van der Waals surface area contributed by atoms with Crippen molar-refractivity contribution >= 4 is 10.8 Å². The topological polar surface area (TPSA) is 12.0 Å². The molecule has 0 heterocycles. The summed E-state index contributed by atoms with van der Waals surface area (Å²) in [7, 11) is 0. The van der Waals surface area contributed by atoms with E-state index in [1.807, 2.05) is 30.3 Å². The Hall–Kier alpha value is -1.41. The maximum Gasteiger partial charge on any atom is 0.131 e. The number of hydrogen-bond acceptors (Lipinski definition) is 1. The van der Waals surface area contributed by atoms with Gasteiger partial charge in [0.15, 0.2) is 0 Å². The molecule has 2 heteroatoms. The summed E-state index contributed by atoms with van der Waals surface area (Å²) in [6.07, 6.45) is 2.12. The molecule has 0 aromatic heterocycles. The van der Waals surface area contributed by atoms with Gasteiger partial charge < -0.3 is 5.32 Å². The molecule has 2 aromatic carbocycles. The van der Waals surface area contributed by atoms with E-state index in [0.717, 1.165) is 24.8 Å². The third-order valence-electron chi connectivity index (χ3n) is 3.33. The molecular formula is C16H20FN. The number of nitrogens with one attached hydrogen (secondary N) is 1. The third kappa shape index (κ3) is 2.54. The Morgan fingerprint density at radius 2 is 1.78 bits per heavy atom. The minimum absolute atomic E-state index is 0.139. The van der Waals surface area contributed by atoms with Gasteiger partial charge in [0.2, 0.25) is 0 Å². The quantitative estimate of drug-likeness (QED) is 0.821. The van der Waals surface area contributed by atoms with Crippen LogP contribution in [0.2, 0.25) is 0 Å². The Kier molecular flexibility index (Phi) is 4.32. The van der Waals surface area contributed by atoms with Crippen LogP contribution in [-0.2, 0) is 0 Å². The fraction of sp³-hybridized carbons (Fsp3) is 0.375. The van der Waals surface area contributed by atoms with Crippen LogP contribution in [0.4, 0.5) is 4.39 Å². The van der Waals surface area contributed by atoms with Gasteiger partial charge in [-0.3, -0.25) is 0 Å². The zero-order valence-corrected chi connectivity index (χ0v) is 11.0. The average molecular weight is 245 g/mol. The van der Waals surface area contributed by atoms with Crippen LogP contribution in [0.15, 0.2) is 36.4 Å². The van der Waals surface area contributed by atoms with Gasteiger partial charge in [0, 0.05) is 11.4 Å². The van der Waals surface area contributed by atoms with Crippen LogP contribution in [-0.4, -0.2) is 6.54 Å². The number of fused-ring (bicyclic) bond motifs is 1. The van der Waals surface area contributed by atoms with Gasteiger partial charge in [-0.1, -0.05) is 44.2 Å². The lowest BCUT2D eigenvalue weighted by atomic mass is 9.97. The van der Waals surface area contributed by atoms with Crippen molar-refractivity contribution in [2.45, 2.75) is 32.7 Å². The minimum Gasteiger partial charge on any atom is -0.310 e. The second-order valence-corrected chi connectivity index (χ2v) is 4.60. The highest BCUT2D eigenvalue weighted by atomic mass is 19.1. The van der Waals surface area contributed by atoms with Crippen molar-refractivity contribution in [2.75, 3.05) is 6.54 Å². The van der Waals surface area contributed by atoms with Crippen molar-refractivity contribution in [1.29, 1.82) is 0 Å². The van der Waals surface area contributed by atoms with E-state index in [1.165, 1.54) is 5.56 Å². The van der Waals surface area contributed by atoms with Gasteiger partial charge in [-0.2, -0.15) is 0 Å².